The van der Waals surface area contributed by atoms with Crippen LogP contribution in [0.25, 0.3) is 0 Å². The zero-order chi connectivity index (χ0) is 17.9. The van der Waals surface area contributed by atoms with E-state index < -0.39 is 17.8 Å². The molecule has 0 unspecified atom stereocenters. The van der Waals surface area contributed by atoms with Crippen LogP contribution in [0.1, 0.15) is 23.5 Å². The maximum absolute atomic E-state index is 12.6. The Kier molecular flexibility index (Phi) is 5.42. The molecule has 130 valence electrons. The average Bonchev–Trinajstić information content (AvgIpc) is 3.01. The summed E-state index contributed by atoms with van der Waals surface area (Å²) in [6.07, 6.45) is -1.55. The lowest BCUT2D eigenvalue weighted by Crippen LogP contribution is -2.20. The smallest absolute Gasteiger partial charge is 0.273 e. The van der Waals surface area contributed by atoms with Crippen molar-refractivity contribution < 1.29 is 18.0 Å². The number of carbonyl (C=O) groups excluding carboxylic acids is 1. The second-order valence-corrected chi connectivity index (χ2v) is 5.79. The van der Waals surface area contributed by atoms with Crippen molar-refractivity contribution in [2.24, 2.45) is 12.1 Å². The fourth-order valence-corrected chi connectivity index (χ4v) is 2.32. The van der Waals surface area contributed by atoms with Crippen molar-refractivity contribution in [2.75, 3.05) is 0 Å². The molecule has 1 N–H and O–H groups in total. The number of hydrogen-bond donors (Lipinski definition) is 1. The minimum absolute atomic E-state index is 0.0265. The van der Waals surface area contributed by atoms with Gasteiger partial charge in [-0.05, 0) is 28.9 Å². The summed E-state index contributed by atoms with van der Waals surface area (Å²) in [4.78, 5) is 11.7. The van der Waals surface area contributed by atoms with Crippen molar-refractivity contribution in [3.05, 3.63) is 33.8 Å². The van der Waals surface area contributed by atoms with Crippen molar-refractivity contribution in [3.8, 4) is 0 Å². The SMILES string of the molecule is Cc1cc(C(F)(F)F)nn1CCC(=O)NN=Cc1c(Br)cnn1C. The third kappa shape index (κ3) is 4.43. The molecular formula is C13H14BrF3N6O. The molecule has 0 aromatic carbocycles. The number of rotatable bonds is 5. The molecule has 0 saturated carbocycles. The Morgan fingerprint density at radius 3 is 2.75 bits per heavy atom. The van der Waals surface area contributed by atoms with Gasteiger partial charge >= 0.3 is 6.18 Å². The van der Waals surface area contributed by atoms with Crippen LogP contribution in [0.4, 0.5) is 13.2 Å². The van der Waals surface area contributed by atoms with E-state index >= 15 is 0 Å². The Morgan fingerprint density at radius 2 is 2.21 bits per heavy atom. The van der Waals surface area contributed by atoms with E-state index in [0.29, 0.717) is 11.4 Å². The van der Waals surface area contributed by atoms with Gasteiger partial charge in [0, 0.05) is 19.2 Å². The molecule has 0 bridgehead atoms. The summed E-state index contributed by atoms with van der Waals surface area (Å²) in [7, 11) is 1.71. The number of hydrazone groups is 1. The van der Waals surface area contributed by atoms with E-state index in [1.165, 1.54) is 13.1 Å². The standard InChI is InChI=1S/C13H14BrF3N6O/c1-8-5-11(13(15,16)17)21-23(8)4-3-12(24)20-18-7-10-9(14)6-19-22(10)2/h5-7H,3-4H2,1-2H3,(H,20,24). The molecule has 1 amide bonds. The molecule has 0 aliphatic rings. The van der Waals surface area contributed by atoms with Crippen LogP contribution in [-0.2, 0) is 24.6 Å². The molecule has 24 heavy (non-hydrogen) atoms. The number of nitrogens with zero attached hydrogens (tertiary/aromatic N) is 5. The van der Waals surface area contributed by atoms with Gasteiger partial charge in [-0.3, -0.25) is 14.2 Å². The van der Waals surface area contributed by atoms with E-state index in [1.807, 2.05) is 0 Å². The van der Waals surface area contributed by atoms with Crippen LogP contribution in [0.5, 0.6) is 0 Å². The minimum atomic E-state index is -4.50. The van der Waals surface area contributed by atoms with Gasteiger partial charge in [-0.15, -0.1) is 0 Å². The van der Waals surface area contributed by atoms with E-state index in [2.05, 4.69) is 36.7 Å². The van der Waals surface area contributed by atoms with E-state index in [1.54, 1.807) is 17.9 Å². The van der Waals surface area contributed by atoms with Crippen molar-refractivity contribution in [1.82, 2.24) is 25.0 Å². The molecule has 0 radical (unpaired) electrons. The molecule has 0 fully saturated rings. The lowest BCUT2D eigenvalue weighted by atomic mass is 10.3. The number of hydrogen-bond acceptors (Lipinski definition) is 4. The molecule has 0 atom stereocenters. The van der Waals surface area contributed by atoms with Crippen LogP contribution < -0.4 is 5.43 Å². The fourth-order valence-electron chi connectivity index (χ4n) is 1.87. The number of halogens is 4. The van der Waals surface area contributed by atoms with E-state index in [4.69, 9.17) is 0 Å². The number of aromatic nitrogens is 4. The van der Waals surface area contributed by atoms with Gasteiger partial charge in [0.15, 0.2) is 5.69 Å². The first-order valence-corrected chi connectivity index (χ1v) is 7.59. The Morgan fingerprint density at radius 1 is 1.50 bits per heavy atom. The van der Waals surface area contributed by atoms with Gasteiger partial charge in [-0.2, -0.15) is 28.5 Å². The average molecular weight is 407 g/mol. The summed E-state index contributed by atoms with van der Waals surface area (Å²) in [5, 5.41) is 11.2. The second-order valence-electron chi connectivity index (χ2n) is 4.94. The lowest BCUT2D eigenvalue weighted by Gasteiger charge is -2.04. The Labute approximate surface area is 143 Å². The summed E-state index contributed by atoms with van der Waals surface area (Å²) in [5.41, 5.74) is 2.33. The van der Waals surface area contributed by atoms with Gasteiger partial charge in [0.1, 0.15) is 0 Å². The fraction of sp³-hybridized carbons (Fsp3) is 0.385. The predicted molar refractivity (Wildman–Crippen MR) is 83.2 cm³/mol. The van der Waals surface area contributed by atoms with Gasteiger partial charge in [0.2, 0.25) is 5.91 Å². The molecule has 0 aliphatic heterocycles. The van der Waals surface area contributed by atoms with E-state index in [-0.39, 0.29) is 13.0 Å². The topological polar surface area (TPSA) is 77.1 Å². The zero-order valence-electron chi connectivity index (χ0n) is 12.8. The third-order valence-electron chi connectivity index (χ3n) is 3.14. The van der Waals surface area contributed by atoms with Gasteiger partial charge in [0.25, 0.3) is 0 Å². The number of amides is 1. The summed E-state index contributed by atoms with van der Waals surface area (Å²) < 4.78 is 41.1. The maximum atomic E-state index is 12.6. The lowest BCUT2D eigenvalue weighted by molar-refractivity contribution is -0.141. The molecule has 0 saturated heterocycles. The van der Waals surface area contributed by atoms with Crippen LogP contribution in [0.3, 0.4) is 0 Å². The minimum Gasteiger partial charge on any atom is -0.273 e. The van der Waals surface area contributed by atoms with Crippen LogP contribution in [0.15, 0.2) is 21.8 Å². The van der Waals surface area contributed by atoms with Crippen molar-refractivity contribution >= 4 is 28.1 Å². The van der Waals surface area contributed by atoms with Gasteiger partial charge < -0.3 is 0 Å². The molecule has 2 aromatic heterocycles. The second kappa shape index (κ2) is 7.16. The first-order valence-electron chi connectivity index (χ1n) is 6.79. The van der Waals surface area contributed by atoms with Crippen LogP contribution >= 0.6 is 15.9 Å². The Balaban J connectivity index is 1.89. The maximum Gasteiger partial charge on any atom is 0.435 e. The zero-order valence-corrected chi connectivity index (χ0v) is 14.4. The number of alkyl halides is 3. The number of carbonyl (C=O) groups is 1. The van der Waals surface area contributed by atoms with Crippen molar-refractivity contribution in [3.63, 3.8) is 0 Å². The van der Waals surface area contributed by atoms with Gasteiger partial charge in [-0.1, -0.05) is 0 Å². The first kappa shape index (κ1) is 18.2. The Hall–Kier alpha value is -2.17. The van der Waals surface area contributed by atoms with Crippen LogP contribution in [0.2, 0.25) is 0 Å². The van der Waals surface area contributed by atoms with Crippen molar-refractivity contribution in [2.45, 2.75) is 26.1 Å². The highest BCUT2D eigenvalue weighted by Crippen LogP contribution is 2.28. The molecule has 7 nitrogen and oxygen atoms in total. The number of aryl methyl sites for hydroxylation is 3. The highest BCUT2D eigenvalue weighted by molar-refractivity contribution is 9.10. The van der Waals surface area contributed by atoms with Crippen molar-refractivity contribution in [1.29, 1.82) is 0 Å². The molecule has 0 spiro atoms. The van der Waals surface area contributed by atoms with E-state index in [0.717, 1.165) is 15.2 Å². The molecule has 0 aliphatic carbocycles. The number of nitrogens with one attached hydrogen (secondary N) is 1. The van der Waals surface area contributed by atoms with Gasteiger partial charge in [0.05, 0.1) is 29.1 Å². The predicted octanol–water partition coefficient (Wildman–Crippen LogP) is 2.25. The van der Waals surface area contributed by atoms with E-state index in [9.17, 15) is 18.0 Å². The largest absolute Gasteiger partial charge is 0.435 e. The molecule has 11 heteroatoms. The quantitative estimate of drug-likeness (QED) is 0.610. The highest BCUT2D eigenvalue weighted by atomic mass is 79.9. The molecule has 2 rings (SSSR count). The molecule has 2 aromatic rings. The molecular weight excluding hydrogens is 393 g/mol. The third-order valence-corrected chi connectivity index (χ3v) is 3.75. The highest BCUT2D eigenvalue weighted by Gasteiger charge is 2.34. The van der Waals surface area contributed by atoms with Crippen LogP contribution in [0, 0.1) is 6.92 Å². The summed E-state index contributed by atoms with van der Waals surface area (Å²) in [6.45, 7) is 1.52. The summed E-state index contributed by atoms with van der Waals surface area (Å²) in [5.74, 6) is -0.437. The van der Waals surface area contributed by atoms with Gasteiger partial charge in [-0.25, -0.2) is 5.43 Å². The summed E-state index contributed by atoms with van der Waals surface area (Å²) in [6, 6.07) is 0.940. The summed E-state index contributed by atoms with van der Waals surface area (Å²) >= 11 is 3.28. The normalized spacial score (nSPS) is 12.1. The van der Waals surface area contributed by atoms with Crippen LogP contribution in [-0.4, -0.2) is 31.7 Å². The first-order chi connectivity index (χ1) is 11.2. The Bertz CT molecular complexity index is 745. The molecule has 2 heterocycles. The monoisotopic (exact) mass is 406 g/mol.